The zero-order valence-electron chi connectivity index (χ0n) is 13.0. The number of benzene rings is 1. The monoisotopic (exact) mass is 373 g/mol. The first kappa shape index (κ1) is 17.5. The first-order chi connectivity index (χ1) is 11.3. The number of halogens is 1. The third kappa shape index (κ3) is 6.39. The summed E-state index contributed by atoms with van der Waals surface area (Å²) in [6.07, 6.45) is 4.33. The van der Waals surface area contributed by atoms with Gasteiger partial charge in [0.25, 0.3) is 0 Å². The zero-order valence-corrected chi connectivity index (χ0v) is 14.6. The maximum atomic E-state index is 8.52. The number of pyridine rings is 1. The molecule has 120 valence electrons. The molecule has 0 atom stereocenters. The summed E-state index contributed by atoms with van der Waals surface area (Å²) >= 11 is 3.50. The Morgan fingerprint density at radius 2 is 2.13 bits per heavy atom. The maximum absolute atomic E-state index is 8.52. The maximum Gasteiger partial charge on any atom is 0.130 e. The van der Waals surface area contributed by atoms with Crippen LogP contribution in [0.3, 0.4) is 0 Å². The third-order valence-electron chi connectivity index (χ3n) is 3.33. The van der Waals surface area contributed by atoms with Crippen LogP contribution in [0.1, 0.15) is 30.5 Å². The van der Waals surface area contributed by atoms with E-state index in [0.717, 1.165) is 47.4 Å². The molecule has 1 aromatic heterocycles. The minimum atomic E-state index is 0.456. The summed E-state index contributed by atoms with van der Waals surface area (Å²) < 4.78 is 6.94. The van der Waals surface area contributed by atoms with Crippen molar-refractivity contribution in [1.29, 1.82) is 5.26 Å². The molecule has 0 spiro atoms. The van der Waals surface area contributed by atoms with Gasteiger partial charge < -0.3 is 10.1 Å². The number of hydrogen-bond donors (Lipinski definition) is 1. The van der Waals surface area contributed by atoms with Crippen molar-refractivity contribution in [2.45, 2.75) is 32.4 Å². The van der Waals surface area contributed by atoms with E-state index in [0.29, 0.717) is 13.0 Å². The van der Waals surface area contributed by atoms with E-state index in [-0.39, 0.29) is 0 Å². The van der Waals surface area contributed by atoms with E-state index in [1.165, 1.54) is 0 Å². The molecule has 2 aromatic rings. The van der Waals surface area contributed by atoms with Gasteiger partial charge in [0.15, 0.2) is 0 Å². The highest BCUT2D eigenvalue weighted by Gasteiger charge is 2.05. The SMILES string of the molecule is N#CCCCCNCc1cc(Br)ccc1OCc1ccccn1. The van der Waals surface area contributed by atoms with E-state index in [4.69, 9.17) is 10.00 Å². The quantitative estimate of drug-likeness (QED) is 0.668. The summed E-state index contributed by atoms with van der Waals surface area (Å²) in [4.78, 5) is 4.27. The summed E-state index contributed by atoms with van der Waals surface area (Å²) in [5.41, 5.74) is 2.02. The number of ether oxygens (including phenoxy) is 1. The van der Waals surface area contributed by atoms with Crippen LogP contribution in [-0.4, -0.2) is 11.5 Å². The highest BCUT2D eigenvalue weighted by Crippen LogP contribution is 2.24. The lowest BCUT2D eigenvalue weighted by molar-refractivity contribution is 0.297. The Bertz CT molecular complexity index is 640. The number of nitrogens with zero attached hydrogens (tertiary/aromatic N) is 2. The lowest BCUT2D eigenvalue weighted by Gasteiger charge is -2.12. The largest absolute Gasteiger partial charge is 0.487 e. The highest BCUT2D eigenvalue weighted by atomic mass is 79.9. The van der Waals surface area contributed by atoms with E-state index in [9.17, 15) is 0 Å². The van der Waals surface area contributed by atoms with Gasteiger partial charge in [-0.2, -0.15) is 5.26 Å². The topological polar surface area (TPSA) is 57.9 Å². The van der Waals surface area contributed by atoms with Gasteiger partial charge in [-0.05, 0) is 49.7 Å². The molecule has 0 saturated carbocycles. The van der Waals surface area contributed by atoms with Gasteiger partial charge in [-0.1, -0.05) is 22.0 Å². The Morgan fingerprint density at radius 3 is 2.91 bits per heavy atom. The molecule has 5 heteroatoms. The molecule has 0 unspecified atom stereocenters. The van der Waals surface area contributed by atoms with E-state index >= 15 is 0 Å². The summed E-state index contributed by atoms with van der Waals surface area (Å²) in [7, 11) is 0. The second-order valence-corrected chi connectivity index (χ2v) is 6.07. The van der Waals surface area contributed by atoms with Crippen LogP contribution in [-0.2, 0) is 13.2 Å². The second-order valence-electron chi connectivity index (χ2n) is 5.15. The fraction of sp³-hybridized carbons (Fsp3) is 0.333. The molecule has 4 nitrogen and oxygen atoms in total. The van der Waals surface area contributed by atoms with Crippen LogP contribution in [0.4, 0.5) is 0 Å². The molecule has 0 aliphatic carbocycles. The molecule has 0 amide bonds. The van der Waals surface area contributed by atoms with Crippen LogP contribution in [0.15, 0.2) is 47.1 Å². The minimum Gasteiger partial charge on any atom is -0.487 e. The molecule has 0 saturated heterocycles. The van der Waals surface area contributed by atoms with E-state index in [1.807, 2.05) is 30.3 Å². The standard InChI is InChI=1S/C18H20BrN3O/c19-16-7-8-18(23-14-17-6-2-5-11-22-17)15(12-16)13-21-10-4-1-3-9-20/h2,5-8,11-12,21H,1,3-4,10,13-14H2. The van der Waals surface area contributed by atoms with Gasteiger partial charge in [0, 0.05) is 29.2 Å². The predicted molar refractivity (Wildman–Crippen MR) is 93.9 cm³/mol. The Hall–Kier alpha value is -1.90. The van der Waals surface area contributed by atoms with Crippen LogP contribution >= 0.6 is 15.9 Å². The molecular weight excluding hydrogens is 354 g/mol. The summed E-state index contributed by atoms with van der Waals surface area (Å²) in [6.45, 7) is 2.09. The van der Waals surface area contributed by atoms with Crippen molar-refractivity contribution in [3.63, 3.8) is 0 Å². The van der Waals surface area contributed by atoms with Crippen LogP contribution in [0.25, 0.3) is 0 Å². The van der Waals surface area contributed by atoms with Crippen molar-refractivity contribution in [3.8, 4) is 11.8 Å². The Morgan fingerprint density at radius 1 is 1.22 bits per heavy atom. The van der Waals surface area contributed by atoms with Gasteiger partial charge >= 0.3 is 0 Å². The van der Waals surface area contributed by atoms with Crippen LogP contribution in [0.2, 0.25) is 0 Å². The lowest BCUT2D eigenvalue weighted by Crippen LogP contribution is -2.15. The van der Waals surface area contributed by atoms with Crippen molar-refractivity contribution >= 4 is 15.9 Å². The number of hydrogen-bond acceptors (Lipinski definition) is 4. The molecule has 0 aliphatic heterocycles. The normalized spacial score (nSPS) is 10.3. The number of nitrogens with one attached hydrogen (secondary N) is 1. The minimum absolute atomic E-state index is 0.456. The number of rotatable bonds is 9. The predicted octanol–water partition coefficient (Wildman–Crippen LogP) is 4.21. The van der Waals surface area contributed by atoms with Crippen molar-refractivity contribution in [1.82, 2.24) is 10.3 Å². The van der Waals surface area contributed by atoms with E-state index in [1.54, 1.807) is 6.20 Å². The molecular formula is C18H20BrN3O. The van der Waals surface area contributed by atoms with Gasteiger partial charge in [0.2, 0.25) is 0 Å². The molecule has 1 heterocycles. The summed E-state index contributed by atoms with van der Waals surface area (Å²) in [5.74, 6) is 0.864. The fourth-order valence-corrected chi connectivity index (χ4v) is 2.55. The molecule has 0 aliphatic rings. The third-order valence-corrected chi connectivity index (χ3v) is 3.83. The highest BCUT2D eigenvalue weighted by molar-refractivity contribution is 9.10. The average molecular weight is 374 g/mol. The Labute approximate surface area is 145 Å². The molecule has 1 N–H and O–H groups in total. The fourth-order valence-electron chi connectivity index (χ4n) is 2.14. The van der Waals surface area contributed by atoms with Crippen LogP contribution in [0.5, 0.6) is 5.75 Å². The van der Waals surface area contributed by atoms with Crippen LogP contribution in [0, 0.1) is 11.3 Å². The molecule has 0 fully saturated rings. The first-order valence-corrected chi connectivity index (χ1v) is 8.47. The Kier molecular flexibility index (Phi) is 7.58. The average Bonchev–Trinajstić information content (AvgIpc) is 2.58. The Balaban J connectivity index is 1.88. The van der Waals surface area contributed by atoms with E-state index < -0.39 is 0 Å². The molecule has 23 heavy (non-hydrogen) atoms. The van der Waals surface area contributed by atoms with Gasteiger partial charge in [-0.3, -0.25) is 4.98 Å². The van der Waals surface area contributed by atoms with Gasteiger partial charge in [0.05, 0.1) is 11.8 Å². The van der Waals surface area contributed by atoms with E-state index in [2.05, 4.69) is 38.4 Å². The zero-order chi connectivity index (χ0) is 16.3. The molecule has 0 radical (unpaired) electrons. The van der Waals surface area contributed by atoms with Gasteiger partial charge in [0.1, 0.15) is 12.4 Å². The first-order valence-electron chi connectivity index (χ1n) is 7.68. The van der Waals surface area contributed by atoms with Crippen molar-refractivity contribution in [2.24, 2.45) is 0 Å². The van der Waals surface area contributed by atoms with Crippen LogP contribution < -0.4 is 10.1 Å². The van der Waals surface area contributed by atoms with Crippen molar-refractivity contribution < 1.29 is 4.74 Å². The number of aromatic nitrogens is 1. The number of nitriles is 1. The summed E-state index contributed by atoms with van der Waals surface area (Å²) in [6, 6.07) is 14.0. The molecule has 1 aromatic carbocycles. The molecule has 2 rings (SSSR count). The number of unbranched alkanes of at least 4 members (excludes halogenated alkanes) is 2. The smallest absolute Gasteiger partial charge is 0.130 e. The van der Waals surface area contributed by atoms with Crippen molar-refractivity contribution in [2.75, 3.05) is 6.54 Å². The lowest BCUT2D eigenvalue weighted by atomic mass is 10.2. The van der Waals surface area contributed by atoms with Crippen molar-refractivity contribution in [3.05, 3.63) is 58.3 Å². The van der Waals surface area contributed by atoms with Gasteiger partial charge in [-0.25, -0.2) is 0 Å². The molecule has 0 bridgehead atoms. The summed E-state index contributed by atoms with van der Waals surface area (Å²) in [5, 5.41) is 11.9. The van der Waals surface area contributed by atoms with Gasteiger partial charge in [-0.15, -0.1) is 0 Å². The second kappa shape index (κ2) is 9.98.